The molecule has 24 heavy (non-hydrogen) atoms. The highest BCUT2D eigenvalue weighted by molar-refractivity contribution is 6.06. The molecule has 1 aromatic heterocycles. The lowest BCUT2D eigenvalue weighted by atomic mass is 10.0. The van der Waals surface area contributed by atoms with E-state index in [0.717, 1.165) is 16.5 Å². The number of pyridine rings is 1. The molecule has 2 atom stereocenters. The number of carbonyl (C=O) groups is 1. The molecule has 3 rings (SSSR count). The average molecular weight is 320 g/mol. The molecule has 0 saturated carbocycles. The molecule has 0 spiro atoms. The Kier molecular flexibility index (Phi) is 4.87. The summed E-state index contributed by atoms with van der Waals surface area (Å²) in [7, 11) is 0. The van der Waals surface area contributed by atoms with Crippen LogP contribution in [0, 0.1) is 0 Å². The Morgan fingerprint density at radius 1 is 1.08 bits per heavy atom. The second-order valence-electron chi connectivity index (χ2n) is 5.89. The molecule has 0 aliphatic heterocycles. The predicted octanol–water partition coefficient (Wildman–Crippen LogP) is 2.96. The van der Waals surface area contributed by atoms with E-state index in [1.54, 1.807) is 12.3 Å². The lowest BCUT2D eigenvalue weighted by molar-refractivity contribution is 0.0853. The van der Waals surface area contributed by atoms with Crippen LogP contribution in [0.1, 0.15) is 22.8 Å². The smallest absolute Gasteiger partial charge is 0.252 e. The number of hydrogen-bond acceptors (Lipinski definition) is 3. The molecule has 1 amide bonds. The number of aliphatic hydroxyl groups excluding tert-OH is 1. The van der Waals surface area contributed by atoms with Gasteiger partial charge in [0.2, 0.25) is 0 Å². The number of aromatic nitrogens is 1. The van der Waals surface area contributed by atoms with Crippen LogP contribution in [0.5, 0.6) is 0 Å². The third-order valence-corrected chi connectivity index (χ3v) is 4.11. The highest BCUT2D eigenvalue weighted by atomic mass is 16.3. The lowest BCUT2D eigenvalue weighted by Crippen LogP contribution is -2.42. The molecule has 4 nitrogen and oxygen atoms in total. The van der Waals surface area contributed by atoms with E-state index in [1.165, 1.54) is 0 Å². The maximum absolute atomic E-state index is 12.6. The Bertz CT molecular complexity index is 828. The zero-order valence-electron chi connectivity index (χ0n) is 13.5. The van der Waals surface area contributed by atoms with Crippen LogP contribution in [-0.4, -0.2) is 28.1 Å². The third-order valence-electron chi connectivity index (χ3n) is 4.11. The zero-order chi connectivity index (χ0) is 16.9. The van der Waals surface area contributed by atoms with Gasteiger partial charge in [0.25, 0.3) is 5.91 Å². The van der Waals surface area contributed by atoms with E-state index in [4.69, 9.17) is 0 Å². The molecule has 122 valence electrons. The Morgan fingerprint density at radius 2 is 1.88 bits per heavy atom. The zero-order valence-corrected chi connectivity index (χ0v) is 13.5. The van der Waals surface area contributed by atoms with E-state index >= 15 is 0 Å². The quantitative estimate of drug-likeness (QED) is 0.760. The van der Waals surface area contributed by atoms with Gasteiger partial charge in [0, 0.05) is 23.6 Å². The number of nitrogens with zero attached hydrogens (tertiary/aromatic N) is 1. The Labute approximate surface area is 141 Å². The van der Waals surface area contributed by atoms with Gasteiger partial charge in [-0.25, -0.2) is 0 Å². The number of rotatable bonds is 5. The van der Waals surface area contributed by atoms with Crippen molar-refractivity contribution in [3.63, 3.8) is 0 Å². The summed E-state index contributed by atoms with van der Waals surface area (Å²) in [5.74, 6) is -0.201. The molecule has 2 aromatic carbocycles. The Balaban J connectivity index is 1.71. The van der Waals surface area contributed by atoms with Crippen molar-refractivity contribution in [2.45, 2.75) is 25.5 Å². The molecule has 4 heteroatoms. The van der Waals surface area contributed by atoms with Crippen LogP contribution in [0.25, 0.3) is 10.9 Å². The average Bonchev–Trinajstić information content (AvgIpc) is 2.62. The third kappa shape index (κ3) is 3.60. The van der Waals surface area contributed by atoms with Gasteiger partial charge in [-0.1, -0.05) is 42.5 Å². The monoisotopic (exact) mass is 320 g/mol. The van der Waals surface area contributed by atoms with Gasteiger partial charge in [0.1, 0.15) is 0 Å². The first-order valence-corrected chi connectivity index (χ1v) is 8.02. The standard InChI is InChI=1S/C20H20N2O2/c1-14(19(23)13-15-7-3-2-4-8-15)22-20(24)17-9-5-11-18-16(17)10-6-12-21-18/h2-12,14,19,23H,13H2,1H3,(H,22,24). The second-order valence-corrected chi connectivity index (χ2v) is 5.89. The highest BCUT2D eigenvalue weighted by Gasteiger charge is 2.19. The summed E-state index contributed by atoms with van der Waals surface area (Å²) in [6.45, 7) is 1.81. The van der Waals surface area contributed by atoms with Gasteiger partial charge >= 0.3 is 0 Å². The van der Waals surface area contributed by atoms with Crippen molar-refractivity contribution in [1.29, 1.82) is 0 Å². The fraction of sp³-hybridized carbons (Fsp3) is 0.200. The molecular formula is C20H20N2O2. The van der Waals surface area contributed by atoms with Gasteiger partial charge in [0.05, 0.1) is 17.7 Å². The van der Waals surface area contributed by atoms with Crippen LogP contribution < -0.4 is 5.32 Å². The molecule has 0 bridgehead atoms. The molecule has 0 aliphatic rings. The Morgan fingerprint density at radius 3 is 2.67 bits per heavy atom. The van der Waals surface area contributed by atoms with Crippen LogP contribution in [0.15, 0.2) is 66.9 Å². The fourth-order valence-corrected chi connectivity index (χ4v) is 2.71. The summed E-state index contributed by atoms with van der Waals surface area (Å²) >= 11 is 0. The largest absolute Gasteiger partial charge is 0.391 e. The van der Waals surface area contributed by atoms with Gasteiger partial charge in [-0.05, 0) is 30.7 Å². The summed E-state index contributed by atoms with van der Waals surface area (Å²) in [6.07, 6.45) is 1.56. The normalized spacial score (nSPS) is 13.4. The number of fused-ring (bicyclic) bond motifs is 1. The minimum Gasteiger partial charge on any atom is -0.391 e. The lowest BCUT2D eigenvalue weighted by Gasteiger charge is -2.20. The molecule has 0 aliphatic carbocycles. The topological polar surface area (TPSA) is 62.2 Å². The summed E-state index contributed by atoms with van der Waals surface area (Å²) in [4.78, 5) is 16.8. The number of benzene rings is 2. The van der Waals surface area contributed by atoms with E-state index in [2.05, 4.69) is 10.3 Å². The van der Waals surface area contributed by atoms with E-state index in [9.17, 15) is 9.90 Å². The number of carbonyl (C=O) groups excluding carboxylic acids is 1. The molecule has 1 heterocycles. The molecule has 0 radical (unpaired) electrons. The van der Waals surface area contributed by atoms with Crippen molar-refractivity contribution in [2.75, 3.05) is 0 Å². The van der Waals surface area contributed by atoms with Gasteiger partial charge < -0.3 is 10.4 Å². The van der Waals surface area contributed by atoms with Crippen LogP contribution in [0.2, 0.25) is 0 Å². The van der Waals surface area contributed by atoms with E-state index in [-0.39, 0.29) is 11.9 Å². The fourth-order valence-electron chi connectivity index (χ4n) is 2.71. The van der Waals surface area contributed by atoms with E-state index in [1.807, 2.05) is 61.5 Å². The number of amides is 1. The van der Waals surface area contributed by atoms with Gasteiger partial charge in [0.15, 0.2) is 0 Å². The molecule has 3 aromatic rings. The van der Waals surface area contributed by atoms with Crippen molar-refractivity contribution in [3.8, 4) is 0 Å². The molecule has 0 saturated heterocycles. The summed E-state index contributed by atoms with van der Waals surface area (Å²) in [5.41, 5.74) is 2.39. The molecule has 0 fully saturated rings. The minimum atomic E-state index is -0.649. The van der Waals surface area contributed by atoms with Gasteiger partial charge in [-0.15, -0.1) is 0 Å². The van der Waals surface area contributed by atoms with Crippen molar-refractivity contribution >= 4 is 16.8 Å². The summed E-state index contributed by atoms with van der Waals surface area (Å²) < 4.78 is 0. The van der Waals surface area contributed by atoms with Crippen LogP contribution in [-0.2, 0) is 6.42 Å². The first kappa shape index (κ1) is 16.1. The van der Waals surface area contributed by atoms with Crippen molar-refractivity contribution in [3.05, 3.63) is 78.0 Å². The molecule has 2 N–H and O–H groups in total. The van der Waals surface area contributed by atoms with Crippen molar-refractivity contribution < 1.29 is 9.90 Å². The maximum atomic E-state index is 12.6. The molecule has 2 unspecified atom stereocenters. The van der Waals surface area contributed by atoms with E-state index < -0.39 is 6.10 Å². The predicted molar refractivity (Wildman–Crippen MR) is 94.8 cm³/mol. The number of aliphatic hydroxyl groups is 1. The first-order valence-electron chi connectivity index (χ1n) is 8.02. The summed E-state index contributed by atoms with van der Waals surface area (Å²) in [5, 5.41) is 14.1. The first-order chi connectivity index (χ1) is 11.6. The maximum Gasteiger partial charge on any atom is 0.252 e. The van der Waals surface area contributed by atoms with E-state index in [0.29, 0.717) is 12.0 Å². The van der Waals surface area contributed by atoms with Crippen molar-refractivity contribution in [2.24, 2.45) is 0 Å². The number of nitrogens with one attached hydrogen (secondary N) is 1. The summed E-state index contributed by atoms with van der Waals surface area (Å²) in [6, 6.07) is 18.5. The van der Waals surface area contributed by atoms with Gasteiger partial charge in [-0.3, -0.25) is 9.78 Å². The number of hydrogen-bond donors (Lipinski definition) is 2. The van der Waals surface area contributed by atoms with Crippen LogP contribution >= 0.6 is 0 Å². The minimum absolute atomic E-state index is 0.201. The van der Waals surface area contributed by atoms with Crippen LogP contribution in [0.4, 0.5) is 0 Å². The SMILES string of the molecule is CC(NC(=O)c1cccc2ncccc12)C(O)Cc1ccccc1. The second kappa shape index (κ2) is 7.23. The molecular weight excluding hydrogens is 300 g/mol. The highest BCUT2D eigenvalue weighted by Crippen LogP contribution is 2.16. The Hall–Kier alpha value is -2.72. The van der Waals surface area contributed by atoms with Crippen LogP contribution in [0.3, 0.4) is 0 Å². The van der Waals surface area contributed by atoms with Crippen molar-refractivity contribution in [1.82, 2.24) is 10.3 Å². The van der Waals surface area contributed by atoms with Gasteiger partial charge in [-0.2, -0.15) is 0 Å².